The Morgan fingerprint density at radius 3 is 2.66 bits per heavy atom. The first-order chi connectivity index (χ1) is 14.0. The van der Waals surface area contributed by atoms with Crippen LogP contribution in [0, 0.1) is 5.82 Å². The van der Waals surface area contributed by atoms with Crippen molar-refractivity contribution in [1.29, 1.82) is 0 Å². The van der Waals surface area contributed by atoms with Crippen LogP contribution < -0.4 is 0 Å². The molecule has 5 nitrogen and oxygen atoms in total. The minimum absolute atomic E-state index is 0.0337. The first-order valence-corrected chi connectivity index (χ1v) is 10.4. The molecule has 0 bridgehead atoms. The van der Waals surface area contributed by atoms with Gasteiger partial charge >= 0.3 is 0 Å². The predicted molar refractivity (Wildman–Crippen MR) is 109 cm³/mol. The molecule has 1 unspecified atom stereocenters. The number of ether oxygens (including phenoxy) is 1. The third-order valence-corrected chi connectivity index (χ3v) is 5.96. The van der Waals surface area contributed by atoms with Gasteiger partial charge in [-0.3, -0.25) is 9.78 Å². The van der Waals surface area contributed by atoms with E-state index >= 15 is 0 Å². The van der Waals surface area contributed by atoms with Gasteiger partial charge in [-0.25, -0.2) is 4.39 Å². The van der Waals surface area contributed by atoms with E-state index in [4.69, 9.17) is 4.74 Å². The standard InChI is InChI=1S/C23H28FN3O2/c1-18-16-27(22(28)19-5-3-2-4-6-19)17-23(29-18)10-13-26(14-11-23)12-9-21-8-7-20(24)15-25-21/h2-8,15,18H,9-14,16-17H2,1H3. The van der Waals surface area contributed by atoms with E-state index < -0.39 is 0 Å². The monoisotopic (exact) mass is 397 g/mol. The summed E-state index contributed by atoms with van der Waals surface area (Å²) in [6.45, 7) is 6.10. The number of benzene rings is 1. The van der Waals surface area contributed by atoms with Crippen molar-refractivity contribution in [3.63, 3.8) is 0 Å². The Labute approximate surface area is 171 Å². The number of halogens is 1. The van der Waals surface area contributed by atoms with Gasteiger partial charge in [0.15, 0.2) is 0 Å². The Morgan fingerprint density at radius 2 is 1.97 bits per heavy atom. The summed E-state index contributed by atoms with van der Waals surface area (Å²) >= 11 is 0. The first-order valence-electron chi connectivity index (χ1n) is 10.4. The zero-order valence-corrected chi connectivity index (χ0v) is 16.9. The molecule has 0 radical (unpaired) electrons. The minimum Gasteiger partial charge on any atom is -0.368 e. The highest BCUT2D eigenvalue weighted by Gasteiger charge is 2.43. The molecule has 6 heteroatoms. The van der Waals surface area contributed by atoms with Crippen molar-refractivity contribution < 1.29 is 13.9 Å². The van der Waals surface area contributed by atoms with Crippen LogP contribution in [0.2, 0.25) is 0 Å². The van der Waals surface area contributed by atoms with Crippen LogP contribution >= 0.6 is 0 Å². The molecule has 154 valence electrons. The molecule has 0 saturated carbocycles. The highest BCUT2D eigenvalue weighted by Crippen LogP contribution is 2.33. The number of hydrogen-bond acceptors (Lipinski definition) is 4. The van der Waals surface area contributed by atoms with Gasteiger partial charge in [0, 0.05) is 43.9 Å². The topological polar surface area (TPSA) is 45.7 Å². The van der Waals surface area contributed by atoms with E-state index in [1.54, 1.807) is 6.07 Å². The van der Waals surface area contributed by atoms with Crippen molar-refractivity contribution in [3.05, 3.63) is 65.7 Å². The van der Waals surface area contributed by atoms with Crippen molar-refractivity contribution in [3.8, 4) is 0 Å². The summed E-state index contributed by atoms with van der Waals surface area (Å²) in [6.07, 6.45) is 3.94. The van der Waals surface area contributed by atoms with Crippen molar-refractivity contribution in [1.82, 2.24) is 14.8 Å². The van der Waals surface area contributed by atoms with Gasteiger partial charge < -0.3 is 14.5 Å². The smallest absolute Gasteiger partial charge is 0.254 e. The normalized spacial score (nSPS) is 22.0. The maximum Gasteiger partial charge on any atom is 0.254 e. The number of nitrogens with zero attached hydrogens (tertiary/aromatic N) is 3. The number of amides is 1. The molecular weight excluding hydrogens is 369 g/mol. The van der Waals surface area contributed by atoms with Crippen molar-refractivity contribution >= 4 is 5.91 Å². The van der Waals surface area contributed by atoms with Gasteiger partial charge in [0.25, 0.3) is 5.91 Å². The second-order valence-corrected chi connectivity index (χ2v) is 8.22. The maximum atomic E-state index is 13.0. The lowest BCUT2D eigenvalue weighted by Crippen LogP contribution is -2.60. The van der Waals surface area contributed by atoms with Crippen LogP contribution in [-0.4, -0.2) is 65.1 Å². The van der Waals surface area contributed by atoms with Crippen LogP contribution in [-0.2, 0) is 11.2 Å². The fraction of sp³-hybridized carbons (Fsp3) is 0.478. The van der Waals surface area contributed by atoms with Crippen molar-refractivity contribution in [2.24, 2.45) is 0 Å². The number of pyridine rings is 1. The van der Waals surface area contributed by atoms with E-state index in [0.29, 0.717) is 13.1 Å². The Morgan fingerprint density at radius 1 is 1.21 bits per heavy atom. The molecule has 1 atom stereocenters. The van der Waals surface area contributed by atoms with Gasteiger partial charge in [-0.1, -0.05) is 18.2 Å². The fourth-order valence-electron chi connectivity index (χ4n) is 4.43. The molecule has 2 fully saturated rings. The Balaban J connectivity index is 1.34. The largest absolute Gasteiger partial charge is 0.368 e. The molecule has 2 aromatic rings. The Hall–Kier alpha value is -2.31. The van der Waals surface area contributed by atoms with Crippen LogP contribution in [0.4, 0.5) is 4.39 Å². The number of likely N-dealkylation sites (tertiary alicyclic amines) is 1. The van der Waals surface area contributed by atoms with Gasteiger partial charge in [-0.15, -0.1) is 0 Å². The average molecular weight is 397 g/mol. The van der Waals surface area contributed by atoms with E-state index in [2.05, 4.69) is 16.8 Å². The number of carbonyl (C=O) groups excluding carboxylic acids is 1. The third-order valence-electron chi connectivity index (χ3n) is 5.96. The zero-order chi connectivity index (χ0) is 20.3. The third kappa shape index (κ3) is 4.82. The van der Waals surface area contributed by atoms with Crippen LogP contribution in [0.5, 0.6) is 0 Å². The molecule has 4 rings (SSSR count). The lowest BCUT2D eigenvalue weighted by Gasteiger charge is -2.49. The molecule has 0 N–H and O–H groups in total. The van der Waals surface area contributed by atoms with E-state index in [1.807, 2.05) is 35.2 Å². The summed E-state index contributed by atoms with van der Waals surface area (Å²) in [7, 11) is 0. The van der Waals surface area contributed by atoms with Crippen LogP contribution in [0.1, 0.15) is 35.8 Å². The molecule has 1 aromatic heterocycles. The molecule has 1 aromatic carbocycles. The maximum absolute atomic E-state index is 13.0. The van der Waals surface area contributed by atoms with Crippen LogP contribution in [0.25, 0.3) is 0 Å². The Kier molecular flexibility index (Phi) is 5.92. The van der Waals surface area contributed by atoms with Crippen LogP contribution in [0.15, 0.2) is 48.7 Å². The lowest BCUT2D eigenvalue weighted by atomic mass is 9.88. The quantitative estimate of drug-likeness (QED) is 0.795. The van der Waals surface area contributed by atoms with Crippen LogP contribution in [0.3, 0.4) is 0 Å². The Bertz CT molecular complexity index is 820. The molecule has 1 amide bonds. The van der Waals surface area contributed by atoms with Crippen molar-refractivity contribution in [2.75, 3.05) is 32.7 Å². The second kappa shape index (κ2) is 8.59. The summed E-state index contributed by atoms with van der Waals surface area (Å²) in [6, 6.07) is 12.7. The molecule has 2 aliphatic rings. The molecule has 3 heterocycles. The molecular formula is C23H28FN3O2. The number of hydrogen-bond donors (Lipinski definition) is 0. The summed E-state index contributed by atoms with van der Waals surface area (Å²) in [5.41, 5.74) is 1.39. The minimum atomic E-state index is -0.299. The second-order valence-electron chi connectivity index (χ2n) is 8.22. The van der Waals surface area contributed by atoms with E-state index in [-0.39, 0.29) is 23.4 Å². The number of carbonyl (C=O) groups is 1. The summed E-state index contributed by atoms with van der Waals surface area (Å²) in [5, 5.41) is 0. The molecule has 29 heavy (non-hydrogen) atoms. The number of piperidine rings is 1. The van der Waals surface area contributed by atoms with Gasteiger partial charge in [0.2, 0.25) is 0 Å². The highest BCUT2D eigenvalue weighted by molar-refractivity contribution is 5.94. The number of morpholine rings is 1. The van der Waals surface area contributed by atoms with E-state index in [9.17, 15) is 9.18 Å². The fourth-order valence-corrected chi connectivity index (χ4v) is 4.43. The highest BCUT2D eigenvalue weighted by atomic mass is 19.1. The van der Waals surface area contributed by atoms with Gasteiger partial charge in [0.05, 0.1) is 24.4 Å². The van der Waals surface area contributed by atoms with Gasteiger partial charge in [0.1, 0.15) is 5.82 Å². The lowest BCUT2D eigenvalue weighted by molar-refractivity contribution is -0.161. The summed E-state index contributed by atoms with van der Waals surface area (Å²) in [4.78, 5) is 21.5. The summed E-state index contributed by atoms with van der Waals surface area (Å²) in [5.74, 6) is -0.211. The zero-order valence-electron chi connectivity index (χ0n) is 16.9. The molecule has 1 spiro atoms. The molecule has 2 saturated heterocycles. The van der Waals surface area contributed by atoms with Crippen molar-refractivity contribution in [2.45, 2.75) is 37.9 Å². The summed E-state index contributed by atoms with van der Waals surface area (Å²) < 4.78 is 19.4. The number of rotatable bonds is 4. The van der Waals surface area contributed by atoms with E-state index in [1.165, 1.54) is 12.3 Å². The van der Waals surface area contributed by atoms with Gasteiger partial charge in [-0.05, 0) is 44.0 Å². The molecule has 2 aliphatic heterocycles. The van der Waals surface area contributed by atoms with Gasteiger partial charge in [-0.2, -0.15) is 0 Å². The average Bonchev–Trinajstić information content (AvgIpc) is 2.74. The SMILES string of the molecule is CC1CN(C(=O)c2ccccc2)CC2(CCN(CCc3ccc(F)cn3)CC2)O1. The predicted octanol–water partition coefficient (Wildman–Crippen LogP) is 3.16. The number of aromatic nitrogens is 1. The van der Waals surface area contributed by atoms with E-state index in [0.717, 1.165) is 50.2 Å². The molecule has 0 aliphatic carbocycles. The first kappa shape index (κ1) is 20.0.